The van der Waals surface area contributed by atoms with Gasteiger partial charge in [0.25, 0.3) is 5.91 Å². The Morgan fingerprint density at radius 2 is 2.00 bits per heavy atom. The van der Waals surface area contributed by atoms with Gasteiger partial charge in [0.05, 0.1) is 13.7 Å². The Kier molecular flexibility index (Phi) is 5.15. The van der Waals surface area contributed by atoms with Crippen LogP contribution in [0.5, 0.6) is 11.6 Å². The molecule has 0 saturated carbocycles. The molecule has 0 aliphatic heterocycles. The quantitative estimate of drug-likeness (QED) is 0.886. The number of nitrogens with zero attached hydrogens (tertiary/aromatic N) is 1. The Morgan fingerprint density at radius 3 is 2.67 bits per heavy atom. The molecule has 1 aromatic carbocycles. The molecule has 0 radical (unpaired) electrons. The maximum atomic E-state index is 12.0. The molecule has 21 heavy (non-hydrogen) atoms. The van der Waals surface area contributed by atoms with Crippen LogP contribution in [0.15, 0.2) is 42.6 Å². The summed E-state index contributed by atoms with van der Waals surface area (Å²) in [7, 11) is 1.56. The van der Waals surface area contributed by atoms with Crippen molar-refractivity contribution in [1.29, 1.82) is 0 Å². The Morgan fingerprint density at radius 1 is 1.24 bits per heavy atom. The molecule has 5 nitrogen and oxygen atoms in total. The molecular weight excluding hydrogens is 268 g/mol. The number of aromatic nitrogens is 1. The van der Waals surface area contributed by atoms with Gasteiger partial charge in [-0.2, -0.15) is 0 Å². The van der Waals surface area contributed by atoms with Crippen molar-refractivity contribution in [3.63, 3.8) is 0 Å². The highest BCUT2D eigenvalue weighted by Gasteiger charge is 2.06. The van der Waals surface area contributed by atoms with Gasteiger partial charge in [0.15, 0.2) is 0 Å². The van der Waals surface area contributed by atoms with Gasteiger partial charge in [-0.05, 0) is 42.8 Å². The topological polar surface area (TPSA) is 60.5 Å². The first-order valence-corrected chi connectivity index (χ1v) is 6.73. The van der Waals surface area contributed by atoms with Crippen LogP contribution in [0, 0.1) is 0 Å². The first kappa shape index (κ1) is 14.8. The van der Waals surface area contributed by atoms with Crippen molar-refractivity contribution in [1.82, 2.24) is 10.3 Å². The van der Waals surface area contributed by atoms with Crippen LogP contribution < -0.4 is 14.8 Å². The van der Waals surface area contributed by atoms with E-state index in [1.165, 1.54) is 0 Å². The van der Waals surface area contributed by atoms with Crippen LogP contribution in [0.1, 0.15) is 22.8 Å². The summed E-state index contributed by atoms with van der Waals surface area (Å²) < 4.78 is 10.4. The summed E-state index contributed by atoms with van der Waals surface area (Å²) in [4.78, 5) is 16.1. The SMILES string of the molecule is CCOc1ccc(C(=O)NCc2ccnc(OC)c2)cc1. The van der Waals surface area contributed by atoms with Crippen LogP contribution in [0.3, 0.4) is 0 Å². The summed E-state index contributed by atoms with van der Waals surface area (Å²) >= 11 is 0. The molecule has 0 atom stereocenters. The Bertz CT molecular complexity index is 597. The third-order valence-electron chi connectivity index (χ3n) is 2.89. The van der Waals surface area contributed by atoms with Crippen molar-refractivity contribution in [2.24, 2.45) is 0 Å². The first-order chi connectivity index (χ1) is 10.2. The molecule has 0 saturated heterocycles. The molecule has 1 heterocycles. The number of carbonyl (C=O) groups is 1. The second kappa shape index (κ2) is 7.28. The fourth-order valence-corrected chi connectivity index (χ4v) is 1.83. The average Bonchev–Trinajstić information content (AvgIpc) is 2.54. The van der Waals surface area contributed by atoms with E-state index in [9.17, 15) is 4.79 Å². The molecule has 0 unspecified atom stereocenters. The van der Waals surface area contributed by atoms with Crippen LogP contribution in [0.2, 0.25) is 0 Å². The van der Waals surface area contributed by atoms with Gasteiger partial charge in [-0.15, -0.1) is 0 Å². The zero-order valence-corrected chi connectivity index (χ0v) is 12.1. The summed E-state index contributed by atoms with van der Waals surface area (Å²) in [5.74, 6) is 1.16. The fourth-order valence-electron chi connectivity index (χ4n) is 1.83. The molecule has 5 heteroatoms. The Balaban J connectivity index is 1.94. The van der Waals surface area contributed by atoms with Crippen molar-refractivity contribution < 1.29 is 14.3 Å². The molecule has 0 fully saturated rings. The molecule has 0 aliphatic carbocycles. The number of hydrogen-bond acceptors (Lipinski definition) is 4. The number of amides is 1. The lowest BCUT2D eigenvalue weighted by atomic mass is 10.2. The summed E-state index contributed by atoms with van der Waals surface area (Å²) in [6, 6.07) is 10.7. The van der Waals surface area contributed by atoms with E-state index < -0.39 is 0 Å². The van der Waals surface area contributed by atoms with Crippen molar-refractivity contribution >= 4 is 5.91 Å². The van der Waals surface area contributed by atoms with Crippen LogP contribution in [0.4, 0.5) is 0 Å². The number of rotatable bonds is 6. The van der Waals surface area contributed by atoms with Crippen molar-refractivity contribution in [2.45, 2.75) is 13.5 Å². The van der Waals surface area contributed by atoms with Crippen LogP contribution in [-0.4, -0.2) is 24.6 Å². The average molecular weight is 286 g/mol. The molecule has 1 aromatic heterocycles. The van der Waals surface area contributed by atoms with E-state index in [2.05, 4.69) is 10.3 Å². The molecule has 1 amide bonds. The second-order valence-electron chi connectivity index (χ2n) is 4.35. The van der Waals surface area contributed by atoms with Gasteiger partial charge in [-0.1, -0.05) is 0 Å². The smallest absolute Gasteiger partial charge is 0.251 e. The number of nitrogens with one attached hydrogen (secondary N) is 1. The fraction of sp³-hybridized carbons (Fsp3) is 0.250. The molecule has 0 aliphatic rings. The standard InChI is InChI=1S/C16H18N2O3/c1-3-21-14-6-4-13(5-7-14)16(19)18-11-12-8-9-17-15(10-12)20-2/h4-10H,3,11H2,1-2H3,(H,18,19). The lowest BCUT2D eigenvalue weighted by molar-refractivity contribution is 0.0951. The third-order valence-corrected chi connectivity index (χ3v) is 2.89. The summed E-state index contributed by atoms with van der Waals surface area (Å²) in [5, 5.41) is 2.85. The van der Waals surface area contributed by atoms with Crippen LogP contribution in [-0.2, 0) is 6.54 Å². The van der Waals surface area contributed by atoms with E-state index in [1.54, 1.807) is 43.6 Å². The highest BCUT2D eigenvalue weighted by atomic mass is 16.5. The monoisotopic (exact) mass is 286 g/mol. The summed E-state index contributed by atoms with van der Waals surface area (Å²) in [5.41, 5.74) is 1.53. The van der Waals surface area contributed by atoms with E-state index in [-0.39, 0.29) is 5.91 Å². The van der Waals surface area contributed by atoms with Crippen molar-refractivity contribution in [2.75, 3.05) is 13.7 Å². The maximum Gasteiger partial charge on any atom is 0.251 e. The minimum Gasteiger partial charge on any atom is -0.494 e. The predicted molar refractivity (Wildman–Crippen MR) is 79.6 cm³/mol. The lowest BCUT2D eigenvalue weighted by Gasteiger charge is -2.07. The Hall–Kier alpha value is -2.56. The highest BCUT2D eigenvalue weighted by molar-refractivity contribution is 5.94. The zero-order valence-electron chi connectivity index (χ0n) is 12.1. The number of methoxy groups -OCH3 is 1. The minimum atomic E-state index is -0.131. The van der Waals surface area contributed by atoms with E-state index in [1.807, 2.05) is 13.0 Å². The largest absolute Gasteiger partial charge is 0.494 e. The molecule has 0 spiro atoms. The van der Waals surface area contributed by atoms with E-state index in [0.29, 0.717) is 24.6 Å². The molecule has 1 N–H and O–H groups in total. The summed E-state index contributed by atoms with van der Waals surface area (Å²) in [6.45, 7) is 2.95. The van der Waals surface area contributed by atoms with Crippen molar-refractivity contribution in [3.8, 4) is 11.6 Å². The van der Waals surface area contributed by atoms with Gasteiger partial charge in [0.1, 0.15) is 5.75 Å². The normalized spacial score (nSPS) is 10.0. The molecular formula is C16H18N2O3. The second-order valence-corrected chi connectivity index (χ2v) is 4.35. The van der Waals surface area contributed by atoms with Crippen molar-refractivity contribution in [3.05, 3.63) is 53.7 Å². The minimum absolute atomic E-state index is 0.131. The first-order valence-electron chi connectivity index (χ1n) is 6.73. The van der Waals surface area contributed by atoms with Crippen LogP contribution in [0.25, 0.3) is 0 Å². The summed E-state index contributed by atoms with van der Waals surface area (Å²) in [6.07, 6.45) is 1.65. The Labute approximate surface area is 123 Å². The van der Waals surface area contributed by atoms with Gasteiger partial charge in [0, 0.05) is 24.4 Å². The van der Waals surface area contributed by atoms with E-state index in [4.69, 9.17) is 9.47 Å². The number of hydrogen-bond donors (Lipinski definition) is 1. The van der Waals surface area contributed by atoms with Gasteiger partial charge in [0.2, 0.25) is 5.88 Å². The van der Waals surface area contributed by atoms with Crippen LogP contribution >= 0.6 is 0 Å². The number of pyridine rings is 1. The highest BCUT2D eigenvalue weighted by Crippen LogP contribution is 2.12. The number of carbonyl (C=O) groups excluding carboxylic acids is 1. The predicted octanol–water partition coefficient (Wildman–Crippen LogP) is 2.42. The molecule has 2 rings (SSSR count). The van der Waals surface area contributed by atoms with Gasteiger partial charge < -0.3 is 14.8 Å². The molecule has 2 aromatic rings. The van der Waals surface area contributed by atoms with E-state index >= 15 is 0 Å². The molecule has 110 valence electrons. The van der Waals surface area contributed by atoms with Gasteiger partial charge >= 0.3 is 0 Å². The molecule has 0 bridgehead atoms. The number of ether oxygens (including phenoxy) is 2. The van der Waals surface area contributed by atoms with Gasteiger partial charge in [-0.25, -0.2) is 4.98 Å². The maximum absolute atomic E-state index is 12.0. The third kappa shape index (κ3) is 4.21. The van der Waals surface area contributed by atoms with E-state index in [0.717, 1.165) is 11.3 Å². The lowest BCUT2D eigenvalue weighted by Crippen LogP contribution is -2.22. The zero-order chi connectivity index (χ0) is 15.1. The number of benzene rings is 1. The van der Waals surface area contributed by atoms with Gasteiger partial charge in [-0.3, -0.25) is 4.79 Å².